The molecule has 2 aromatic carbocycles. The second-order valence-electron chi connectivity index (χ2n) is 7.27. The fourth-order valence-electron chi connectivity index (χ4n) is 3.04. The molecule has 14 heteroatoms. The zero-order chi connectivity index (χ0) is 27.4. The Balaban J connectivity index is 0.000000479. The molecule has 0 aliphatic carbocycles. The highest BCUT2D eigenvalue weighted by atomic mass is 19.4. The van der Waals surface area contributed by atoms with Gasteiger partial charge in [-0.15, -0.1) is 0 Å². The highest BCUT2D eigenvalue weighted by Gasteiger charge is 2.38. The summed E-state index contributed by atoms with van der Waals surface area (Å²) in [5.41, 5.74) is -1.90. The summed E-state index contributed by atoms with van der Waals surface area (Å²) in [6.07, 6.45) is -8.38. The van der Waals surface area contributed by atoms with Gasteiger partial charge in [0.25, 0.3) is 5.91 Å². The number of amides is 1. The van der Waals surface area contributed by atoms with Crippen molar-refractivity contribution >= 4 is 17.6 Å². The maximum absolute atomic E-state index is 14.6. The van der Waals surface area contributed by atoms with Gasteiger partial charge in [-0.2, -0.15) is 26.3 Å². The average molecular weight is 532 g/mol. The first-order chi connectivity index (χ1) is 17.3. The van der Waals surface area contributed by atoms with E-state index in [0.717, 1.165) is 6.07 Å². The minimum Gasteiger partial charge on any atom is -0.485 e. The van der Waals surface area contributed by atoms with Crippen molar-refractivity contribution in [2.24, 2.45) is 0 Å². The van der Waals surface area contributed by atoms with Crippen molar-refractivity contribution in [1.82, 2.24) is 4.98 Å². The summed E-state index contributed by atoms with van der Waals surface area (Å²) in [6.45, 7) is -0.161. The Morgan fingerprint density at radius 2 is 1.57 bits per heavy atom. The molecule has 1 aliphatic heterocycles. The van der Waals surface area contributed by atoms with Gasteiger partial charge in [-0.1, -0.05) is 12.1 Å². The summed E-state index contributed by atoms with van der Waals surface area (Å²) >= 11 is 0. The highest BCUT2D eigenvalue weighted by molar-refractivity contribution is 5.95. The number of para-hydroxylation sites is 2. The van der Waals surface area contributed by atoms with E-state index < -0.39 is 47.4 Å². The summed E-state index contributed by atoms with van der Waals surface area (Å²) in [5, 5.41) is 9.30. The minimum absolute atomic E-state index is 0.148. The van der Waals surface area contributed by atoms with Crippen LogP contribution in [0.1, 0.15) is 5.56 Å². The molecule has 1 amide bonds. The Hall–Kier alpha value is -4.36. The standard InChI is InChI=1S/C21H14F4N2O3.C2HF3O2/c22-15-9-13(12-5-7-26-8-6-12)14(21(23,24)25)10-16(15)27-20(28)19-11-29-17-3-1-2-4-18(17)30-19;3-2(4,5)1(6)7/h1-10,19H,11H2,(H,27,28);(H,6,7). The van der Waals surface area contributed by atoms with Crippen LogP contribution in [0.25, 0.3) is 11.1 Å². The number of benzene rings is 2. The monoisotopic (exact) mass is 532 g/mol. The number of nitrogens with one attached hydrogen (secondary N) is 1. The predicted molar refractivity (Wildman–Crippen MR) is 113 cm³/mol. The van der Waals surface area contributed by atoms with Crippen molar-refractivity contribution in [1.29, 1.82) is 0 Å². The highest BCUT2D eigenvalue weighted by Crippen LogP contribution is 2.40. The third-order valence-electron chi connectivity index (χ3n) is 4.71. The number of carboxylic acid groups (broad SMARTS) is 1. The molecule has 0 saturated carbocycles. The molecule has 2 N–H and O–H groups in total. The number of ether oxygens (including phenoxy) is 2. The summed E-state index contributed by atoms with van der Waals surface area (Å²) in [5.74, 6) is -3.84. The lowest BCUT2D eigenvalue weighted by molar-refractivity contribution is -0.192. The van der Waals surface area contributed by atoms with E-state index in [1.807, 2.05) is 0 Å². The second-order valence-corrected chi connectivity index (χ2v) is 7.27. The molecule has 0 fully saturated rings. The Labute approximate surface area is 203 Å². The number of rotatable bonds is 3. The first-order valence-electron chi connectivity index (χ1n) is 10.1. The lowest BCUT2D eigenvalue weighted by atomic mass is 9.99. The maximum atomic E-state index is 14.6. The first-order valence-corrected chi connectivity index (χ1v) is 10.1. The molecule has 2 heterocycles. The van der Waals surface area contributed by atoms with E-state index in [1.165, 1.54) is 24.5 Å². The van der Waals surface area contributed by atoms with E-state index >= 15 is 0 Å². The van der Waals surface area contributed by atoms with Crippen LogP contribution in [0.15, 0.2) is 60.9 Å². The fourth-order valence-corrected chi connectivity index (χ4v) is 3.04. The van der Waals surface area contributed by atoms with Gasteiger partial charge in [0.05, 0.1) is 11.3 Å². The average Bonchev–Trinajstić information content (AvgIpc) is 2.84. The molecule has 1 atom stereocenters. The normalized spacial score (nSPS) is 14.7. The van der Waals surface area contributed by atoms with Crippen molar-refractivity contribution in [2.45, 2.75) is 18.5 Å². The van der Waals surface area contributed by atoms with Gasteiger partial charge in [0.15, 0.2) is 11.5 Å². The van der Waals surface area contributed by atoms with Gasteiger partial charge < -0.3 is 19.9 Å². The van der Waals surface area contributed by atoms with Gasteiger partial charge in [-0.3, -0.25) is 9.78 Å². The SMILES string of the molecule is O=C(Nc1cc(C(F)(F)F)c(-c2ccncc2)cc1F)C1COc2ccccc2O1.O=C(O)C(F)(F)F. The van der Waals surface area contributed by atoms with Crippen LogP contribution in [0.5, 0.6) is 11.5 Å². The van der Waals surface area contributed by atoms with Crippen LogP contribution in [0.3, 0.4) is 0 Å². The number of alkyl halides is 6. The summed E-state index contributed by atoms with van der Waals surface area (Å²) < 4.78 is 98.1. The van der Waals surface area contributed by atoms with E-state index in [9.17, 15) is 35.5 Å². The van der Waals surface area contributed by atoms with E-state index in [0.29, 0.717) is 17.6 Å². The molecule has 1 aliphatic rings. The number of hydrogen-bond acceptors (Lipinski definition) is 5. The molecule has 37 heavy (non-hydrogen) atoms. The molecule has 0 saturated heterocycles. The number of aromatic nitrogens is 1. The number of carbonyl (C=O) groups excluding carboxylic acids is 1. The van der Waals surface area contributed by atoms with Gasteiger partial charge in [0.1, 0.15) is 12.4 Å². The van der Waals surface area contributed by atoms with Gasteiger partial charge in [-0.25, -0.2) is 9.18 Å². The van der Waals surface area contributed by atoms with Crippen molar-refractivity contribution in [3.05, 3.63) is 72.3 Å². The molecule has 0 radical (unpaired) electrons. The summed E-state index contributed by atoms with van der Waals surface area (Å²) in [4.78, 5) is 25.1. The Bertz CT molecular complexity index is 1280. The number of fused-ring (bicyclic) bond motifs is 1. The van der Waals surface area contributed by atoms with Crippen LogP contribution in [-0.2, 0) is 15.8 Å². The van der Waals surface area contributed by atoms with Crippen molar-refractivity contribution in [2.75, 3.05) is 11.9 Å². The number of carbonyl (C=O) groups is 2. The molecule has 7 nitrogen and oxygen atoms in total. The summed E-state index contributed by atoms with van der Waals surface area (Å²) in [7, 11) is 0. The number of nitrogens with zero attached hydrogens (tertiary/aromatic N) is 1. The smallest absolute Gasteiger partial charge is 0.485 e. The zero-order valence-corrected chi connectivity index (χ0v) is 18.2. The van der Waals surface area contributed by atoms with Crippen LogP contribution in [0, 0.1) is 5.82 Å². The molecular formula is C23H15F7N2O5. The second kappa shape index (κ2) is 10.7. The van der Waals surface area contributed by atoms with Crippen LogP contribution in [0.2, 0.25) is 0 Å². The van der Waals surface area contributed by atoms with Crippen LogP contribution >= 0.6 is 0 Å². The molecular weight excluding hydrogens is 517 g/mol. The molecule has 0 bridgehead atoms. The van der Waals surface area contributed by atoms with Crippen molar-refractivity contribution in [3.63, 3.8) is 0 Å². The molecule has 4 rings (SSSR count). The zero-order valence-electron chi connectivity index (χ0n) is 18.2. The van der Waals surface area contributed by atoms with E-state index in [4.69, 9.17) is 19.4 Å². The quantitative estimate of drug-likeness (QED) is 0.444. The Morgan fingerprint density at radius 3 is 2.14 bits per heavy atom. The predicted octanol–water partition coefficient (Wildman–Crippen LogP) is 5.32. The number of anilines is 1. The van der Waals surface area contributed by atoms with Crippen molar-refractivity contribution < 1.29 is 54.9 Å². The van der Waals surface area contributed by atoms with Crippen LogP contribution in [-0.4, -0.2) is 40.9 Å². The minimum atomic E-state index is -5.08. The molecule has 1 unspecified atom stereocenters. The van der Waals surface area contributed by atoms with Gasteiger partial charge in [0.2, 0.25) is 6.10 Å². The lowest BCUT2D eigenvalue weighted by Crippen LogP contribution is -2.40. The van der Waals surface area contributed by atoms with Gasteiger partial charge in [-0.05, 0) is 47.5 Å². The molecule has 0 spiro atoms. The number of halogens is 7. The molecule has 196 valence electrons. The van der Waals surface area contributed by atoms with E-state index in [1.54, 1.807) is 24.3 Å². The molecule has 1 aromatic heterocycles. The number of hydrogen-bond donors (Lipinski definition) is 2. The van der Waals surface area contributed by atoms with E-state index in [2.05, 4.69) is 10.3 Å². The van der Waals surface area contributed by atoms with Gasteiger partial charge >= 0.3 is 18.3 Å². The first kappa shape index (κ1) is 27.2. The third kappa shape index (κ3) is 6.86. The van der Waals surface area contributed by atoms with E-state index in [-0.39, 0.29) is 17.7 Å². The third-order valence-corrected chi connectivity index (χ3v) is 4.71. The number of aliphatic carboxylic acids is 1. The largest absolute Gasteiger partial charge is 0.490 e. The Morgan fingerprint density at radius 1 is 0.973 bits per heavy atom. The lowest BCUT2D eigenvalue weighted by Gasteiger charge is -2.25. The topological polar surface area (TPSA) is 97.8 Å². The van der Waals surface area contributed by atoms with Crippen LogP contribution < -0.4 is 14.8 Å². The number of carboxylic acids is 1. The maximum Gasteiger partial charge on any atom is 0.490 e. The summed E-state index contributed by atoms with van der Waals surface area (Å²) in [6, 6.07) is 10.6. The number of pyridine rings is 1. The van der Waals surface area contributed by atoms with Crippen LogP contribution in [0.4, 0.5) is 36.4 Å². The fraction of sp³-hybridized carbons (Fsp3) is 0.174. The Kier molecular flexibility index (Phi) is 7.89. The van der Waals surface area contributed by atoms with Gasteiger partial charge in [0, 0.05) is 12.4 Å². The molecule has 3 aromatic rings. The van der Waals surface area contributed by atoms with Crippen molar-refractivity contribution in [3.8, 4) is 22.6 Å².